The SMILES string of the molecule is Cc1ccc2c(n1)oc1c[c-]c(-c3cc(C)c([Si](C)(C)C)cn3)cc12.Cc1ccc[c-]c1-c1nc2ccccc2n1-c1c(C(C)C)cc(-c2ccccc2)cc1C(C)C.[Ir]. The molecule has 4 aromatic heterocycles. The molecule has 5 nitrogen and oxygen atoms in total. The second-order valence-electron chi connectivity index (χ2n) is 17.3. The number of para-hydroxylation sites is 2. The predicted octanol–water partition coefficient (Wildman–Crippen LogP) is 13.7. The molecule has 0 bridgehead atoms. The van der Waals surface area contributed by atoms with Crippen LogP contribution in [-0.2, 0) is 20.1 Å². The van der Waals surface area contributed by atoms with Crippen molar-refractivity contribution < 1.29 is 24.5 Å². The summed E-state index contributed by atoms with van der Waals surface area (Å²) in [5, 5.41) is 3.50. The minimum Gasteiger partial charge on any atom is -0.486 e. The molecule has 7 heteroatoms. The molecule has 9 rings (SSSR count). The summed E-state index contributed by atoms with van der Waals surface area (Å²) >= 11 is 0. The fraction of sp³-hybridized carbons (Fsp3) is 0.226. The van der Waals surface area contributed by atoms with Crippen LogP contribution in [0.2, 0.25) is 19.6 Å². The van der Waals surface area contributed by atoms with Gasteiger partial charge in [-0.2, -0.15) is 0 Å². The van der Waals surface area contributed by atoms with Crippen LogP contribution in [0.3, 0.4) is 0 Å². The standard InChI is InChI=1S/C32H31N2.C21H21N2OSi.Ir/c1-21(2)27-19-25(24-14-7-6-8-15-24)20-28(22(3)4)31(27)34-30-18-12-11-17-29(30)33-32(34)26-16-10-9-13-23(26)5;1-13-10-18(22-12-20(13)25(3,4)5)15-7-9-19-17(11-15)16-8-6-14(2)23-21(16)24-19;/h6-15,17-22H,1-5H3;6,8-12H,1-5H3;/q2*-1;. The van der Waals surface area contributed by atoms with Gasteiger partial charge in [-0.1, -0.05) is 114 Å². The Bertz CT molecular complexity index is 2940. The van der Waals surface area contributed by atoms with Gasteiger partial charge in [-0.15, -0.1) is 59.2 Å². The first-order valence-electron chi connectivity index (χ1n) is 20.7. The van der Waals surface area contributed by atoms with Gasteiger partial charge in [0.1, 0.15) is 0 Å². The third-order valence-corrected chi connectivity index (χ3v) is 13.3. The Morgan fingerprint density at radius 2 is 1.38 bits per heavy atom. The van der Waals surface area contributed by atoms with Gasteiger partial charge in [-0.25, -0.2) is 4.98 Å². The monoisotopic (exact) mass is 981 g/mol. The molecule has 0 fully saturated rings. The summed E-state index contributed by atoms with van der Waals surface area (Å²) in [4.78, 5) is 14.3. The number of nitrogens with zero attached hydrogens (tertiary/aromatic N) is 4. The van der Waals surface area contributed by atoms with Crippen LogP contribution < -0.4 is 5.19 Å². The molecule has 0 amide bonds. The summed E-state index contributed by atoms with van der Waals surface area (Å²) in [5.41, 5.74) is 16.5. The Labute approximate surface area is 369 Å². The molecular weight excluding hydrogens is 929 g/mol. The zero-order chi connectivity index (χ0) is 41.6. The zero-order valence-electron chi connectivity index (χ0n) is 36.2. The molecule has 0 spiro atoms. The minimum atomic E-state index is -1.37. The Hall–Kier alpha value is -5.46. The second-order valence-corrected chi connectivity index (χ2v) is 22.4. The van der Waals surface area contributed by atoms with Crippen LogP contribution in [-0.4, -0.2) is 27.6 Å². The van der Waals surface area contributed by atoms with Crippen LogP contribution in [0.25, 0.3) is 72.6 Å². The second kappa shape index (κ2) is 17.3. The summed E-state index contributed by atoms with van der Waals surface area (Å²) in [6, 6.07) is 47.1. The Kier molecular flexibility index (Phi) is 12.3. The number of furan rings is 1. The first-order valence-corrected chi connectivity index (χ1v) is 24.2. The van der Waals surface area contributed by atoms with Gasteiger partial charge >= 0.3 is 0 Å². The molecule has 60 heavy (non-hydrogen) atoms. The Morgan fingerprint density at radius 1 is 0.683 bits per heavy atom. The molecule has 4 heterocycles. The molecule has 0 aliphatic rings. The number of imidazole rings is 1. The fourth-order valence-electron chi connectivity index (χ4n) is 8.13. The molecule has 0 saturated heterocycles. The van der Waals surface area contributed by atoms with Crippen LogP contribution in [0.1, 0.15) is 67.5 Å². The van der Waals surface area contributed by atoms with Crippen LogP contribution in [0.4, 0.5) is 0 Å². The fourth-order valence-corrected chi connectivity index (χ4v) is 9.83. The molecule has 0 saturated carbocycles. The van der Waals surface area contributed by atoms with E-state index in [0.29, 0.717) is 17.5 Å². The van der Waals surface area contributed by atoms with Crippen LogP contribution in [0.15, 0.2) is 126 Å². The number of aromatic nitrogens is 4. The molecule has 0 N–H and O–H groups in total. The number of pyridine rings is 2. The van der Waals surface area contributed by atoms with Gasteiger partial charge in [-0.05, 0) is 95.2 Å². The molecule has 0 aliphatic carbocycles. The van der Waals surface area contributed by atoms with Crippen LogP contribution >= 0.6 is 0 Å². The molecule has 305 valence electrons. The molecule has 0 aliphatic heterocycles. The van der Waals surface area contributed by atoms with Gasteiger partial charge in [0.15, 0.2) is 0 Å². The number of rotatable bonds is 7. The van der Waals surface area contributed by atoms with Crippen LogP contribution in [0.5, 0.6) is 0 Å². The van der Waals surface area contributed by atoms with E-state index in [1.807, 2.05) is 37.4 Å². The number of hydrogen-bond donors (Lipinski definition) is 0. The minimum absolute atomic E-state index is 0. The van der Waals surface area contributed by atoms with E-state index in [1.165, 1.54) is 44.3 Å². The molecule has 1 radical (unpaired) electrons. The third kappa shape index (κ3) is 8.32. The largest absolute Gasteiger partial charge is 0.486 e. The Balaban J connectivity index is 0.000000187. The molecular formula is C53H52IrN4OSi-2. The number of benzene rings is 5. The Morgan fingerprint density at radius 3 is 2.05 bits per heavy atom. The van der Waals surface area contributed by atoms with Crippen molar-refractivity contribution in [1.82, 2.24) is 19.5 Å². The van der Waals surface area contributed by atoms with Crippen molar-refractivity contribution in [3.63, 3.8) is 0 Å². The molecule has 0 atom stereocenters. The maximum atomic E-state index is 5.85. The summed E-state index contributed by atoms with van der Waals surface area (Å²) in [6.45, 7) is 22.5. The van der Waals surface area contributed by atoms with Crippen molar-refractivity contribution in [1.29, 1.82) is 0 Å². The topological polar surface area (TPSA) is 56.7 Å². The average molecular weight is 981 g/mol. The van der Waals surface area contributed by atoms with E-state index in [2.05, 4.69) is 174 Å². The van der Waals surface area contributed by atoms with E-state index in [9.17, 15) is 0 Å². The van der Waals surface area contributed by atoms with Gasteiger partial charge in [0.25, 0.3) is 0 Å². The summed E-state index contributed by atoms with van der Waals surface area (Å²) in [6.07, 6.45) is 2.05. The van der Waals surface area contributed by atoms with E-state index >= 15 is 0 Å². The summed E-state index contributed by atoms with van der Waals surface area (Å²) < 4.78 is 8.24. The van der Waals surface area contributed by atoms with Gasteiger partial charge in [-0.3, -0.25) is 4.98 Å². The quantitative estimate of drug-likeness (QED) is 0.118. The maximum Gasteiger partial charge on any atom is 0.216 e. The van der Waals surface area contributed by atoms with Crippen molar-refractivity contribution in [2.45, 2.75) is 79.9 Å². The summed E-state index contributed by atoms with van der Waals surface area (Å²) in [7, 11) is -1.37. The molecule has 0 unspecified atom stereocenters. The number of aryl methyl sites for hydroxylation is 3. The number of fused-ring (bicyclic) bond motifs is 4. The molecule has 9 aromatic rings. The van der Waals surface area contributed by atoms with E-state index < -0.39 is 8.07 Å². The van der Waals surface area contributed by atoms with Crippen molar-refractivity contribution in [3.8, 4) is 39.5 Å². The summed E-state index contributed by atoms with van der Waals surface area (Å²) in [5.74, 6) is 1.66. The van der Waals surface area contributed by atoms with E-state index in [4.69, 9.17) is 14.4 Å². The smallest absolute Gasteiger partial charge is 0.216 e. The normalized spacial score (nSPS) is 11.7. The predicted molar refractivity (Wildman–Crippen MR) is 250 cm³/mol. The van der Waals surface area contributed by atoms with Crippen molar-refractivity contribution in [3.05, 3.63) is 162 Å². The van der Waals surface area contributed by atoms with Crippen molar-refractivity contribution >= 4 is 46.4 Å². The number of hydrogen-bond acceptors (Lipinski definition) is 4. The average Bonchev–Trinajstić information content (AvgIpc) is 3.78. The van der Waals surface area contributed by atoms with Crippen molar-refractivity contribution in [2.24, 2.45) is 0 Å². The van der Waals surface area contributed by atoms with Gasteiger partial charge in [0.05, 0.1) is 30.5 Å². The van der Waals surface area contributed by atoms with Gasteiger partial charge in [0, 0.05) is 43.1 Å². The zero-order valence-corrected chi connectivity index (χ0v) is 39.6. The van der Waals surface area contributed by atoms with E-state index in [1.54, 1.807) is 0 Å². The molecule has 5 aromatic carbocycles. The van der Waals surface area contributed by atoms with Gasteiger partial charge in [0.2, 0.25) is 5.71 Å². The van der Waals surface area contributed by atoms with E-state index in [0.717, 1.165) is 55.7 Å². The first kappa shape index (κ1) is 42.7. The van der Waals surface area contributed by atoms with E-state index in [-0.39, 0.29) is 20.1 Å². The van der Waals surface area contributed by atoms with Gasteiger partial charge < -0.3 is 14.0 Å². The van der Waals surface area contributed by atoms with Crippen LogP contribution in [0, 0.1) is 32.9 Å². The van der Waals surface area contributed by atoms with Crippen molar-refractivity contribution in [2.75, 3.05) is 0 Å². The first-order chi connectivity index (χ1) is 28.3. The maximum absolute atomic E-state index is 5.85. The third-order valence-electron chi connectivity index (χ3n) is 11.2.